The van der Waals surface area contributed by atoms with Gasteiger partial charge in [0.1, 0.15) is 28.8 Å². The maximum Gasteiger partial charge on any atom is 0.416 e. The van der Waals surface area contributed by atoms with Gasteiger partial charge in [-0.15, -0.1) is 11.3 Å². The highest BCUT2D eigenvalue weighted by atomic mass is 32.1. The number of hydrogen-bond donors (Lipinski definition) is 1. The standard InChI is InChI=1S/C23H15F4NO6S/c1-33-17-4-2-3-14(23(25,26)27)13(17)9-34-12-5-6-15(24)16(8-12)28-18(29)7-11-10-35-20(22(31)32)19(11)21(28)30/h2-6,8,10H,7,9H2,1H3,(H,31,32). The Balaban J connectivity index is 1.67. The Labute approximate surface area is 199 Å². The molecular formula is C23H15F4NO6S. The molecule has 3 aromatic rings. The summed E-state index contributed by atoms with van der Waals surface area (Å²) < 4.78 is 65.5. The first-order chi connectivity index (χ1) is 16.5. The second-order valence-electron chi connectivity index (χ2n) is 7.37. The molecule has 0 spiro atoms. The Morgan fingerprint density at radius 3 is 2.60 bits per heavy atom. The summed E-state index contributed by atoms with van der Waals surface area (Å²) in [6.45, 7) is -0.607. The van der Waals surface area contributed by atoms with Crippen LogP contribution < -0.4 is 14.4 Å². The molecule has 2 aromatic carbocycles. The van der Waals surface area contributed by atoms with Gasteiger partial charge in [-0.25, -0.2) is 14.1 Å². The third kappa shape index (κ3) is 4.44. The average molecular weight is 509 g/mol. The van der Waals surface area contributed by atoms with E-state index in [-0.39, 0.29) is 39.5 Å². The lowest BCUT2D eigenvalue weighted by molar-refractivity contribution is -0.138. The zero-order chi connectivity index (χ0) is 25.5. The SMILES string of the molecule is COc1cccc(C(F)(F)F)c1COc1ccc(F)c(N2C(=O)Cc3csc(C(=O)O)c3C2=O)c1. The molecule has 12 heteroatoms. The van der Waals surface area contributed by atoms with E-state index in [9.17, 15) is 37.1 Å². The summed E-state index contributed by atoms with van der Waals surface area (Å²) in [5.41, 5.74) is -1.78. The van der Waals surface area contributed by atoms with Crippen LogP contribution in [0.1, 0.15) is 36.7 Å². The number of carbonyl (C=O) groups is 3. The number of carboxylic acids is 1. The number of amides is 2. The monoisotopic (exact) mass is 509 g/mol. The van der Waals surface area contributed by atoms with Crippen LogP contribution in [0.15, 0.2) is 41.8 Å². The van der Waals surface area contributed by atoms with Crippen molar-refractivity contribution in [3.63, 3.8) is 0 Å². The Morgan fingerprint density at radius 1 is 1.20 bits per heavy atom. The number of anilines is 1. The number of carbonyl (C=O) groups excluding carboxylic acids is 2. The molecule has 1 N–H and O–H groups in total. The molecular weight excluding hydrogens is 494 g/mol. The molecule has 1 aliphatic rings. The van der Waals surface area contributed by atoms with Crippen molar-refractivity contribution in [3.8, 4) is 11.5 Å². The maximum atomic E-state index is 14.7. The van der Waals surface area contributed by atoms with Crippen molar-refractivity contribution in [3.05, 3.63) is 74.7 Å². The number of methoxy groups -OCH3 is 1. The zero-order valence-electron chi connectivity index (χ0n) is 17.8. The zero-order valence-corrected chi connectivity index (χ0v) is 18.6. The molecule has 0 saturated heterocycles. The third-order valence-corrected chi connectivity index (χ3v) is 6.29. The summed E-state index contributed by atoms with van der Waals surface area (Å²) in [7, 11) is 1.20. The fourth-order valence-corrected chi connectivity index (χ4v) is 4.61. The highest BCUT2D eigenvalue weighted by molar-refractivity contribution is 7.12. The van der Waals surface area contributed by atoms with Crippen molar-refractivity contribution < 1.29 is 46.5 Å². The summed E-state index contributed by atoms with van der Waals surface area (Å²) >= 11 is 0.775. The van der Waals surface area contributed by atoms with Gasteiger partial charge >= 0.3 is 12.1 Å². The van der Waals surface area contributed by atoms with E-state index in [1.54, 1.807) is 0 Å². The third-order valence-electron chi connectivity index (χ3n) is 5.27. The van der Waals surface area contributed by atoms with Gasteiger partial charge in [-0.05, 0) is 35.2 Å². The number of ether oxygens (including phenoxy) is 2. The highest BCUT2D eigenvalue weighted by Crippen LogP contribution is 2.38. The van der Waals surface area contributed by atoms with Gasteiger partial charge in [0.25, 0.3) is 5.91 Å². The largest absolute Gasteiger partial charge is 0.496 e. The molecule has 2 heterocycles. The van der Waals surface area contributed by atoms with Gasteiger partial charge in [-0.2, -0.15) is 13.2 Å². The fourth-order valence-electron chi connectivity index (χ4n) is 3.71. The number of aromatic carboxylic acids is 1. The Hall–Kier alpha value is -3.93. The number of nitrogens with zero attached hydrogens (tertiary/aromatic N) is 1. The minimum atomic E-state index is -4.69. The molecule has 0 unspecified atom stereocenters. The molecule has 2 amide bonds. The van der Waals surface area contributed by atoms with E-state index in [4.69, 9.17) is 9.47 Å². The predicted molar refractivity (Wildman–Crippen MR) is 116 cm³/mol. The first-order valence-corrected chi connectivity index (χ1v) is 10.8. The molecule has 1 aliphatic heterocycles. The van der Waals surface area contributed by atoms with Gasteiger partial charge < -0.3 is 14.6 Å². The van der Waals surface area contributed by atoms with Crippen LogP contribution in [-0.2, 0) is 24.0 Å². The average Bonchev–Trinajstić information content (AvgIpc) is 3.22. The maximum absolute atomic E-state index is 14.7. The normalized spacial score (nSPS) is 13.6. The second kappa shape index (κ2) is 9.02. The second-order valence-corrected chi connectivity index (χ2v) is 8.25. The predicted octanol–water partition coefficient (Wildman–Crippen LogP) is 4.92. The van der Waals surface area contributed by atoms with E-state index < -0.39 is 47.6 Å². The molecule has 182 valence electrons. The van der Waals surface area contributed by atoms with Crippen LogP contribution in [0.2, 0.25) is 0 Å². The van der Waals surface area contributed by atoms with Crippen LogP contribution in [0, 0.1) is 5.82 Å². The highest BCUT2D eigenvalue weighted by Gasteiger charge is 2.38. The minimum absolute atomic E-state index is 0.0743. The fraction of sp³-hybridized carbons (Fsp3) is 0.174. The molecule has 0 fully saturated rings. The van der Waals surface area contributed by atoms with Gasteiger partial charge in [0.05, 0.1) is 30.3 Å². The van der Waals surface area contributed by atoms with E-state index >= 15 is 0 Å². The summed E-state index contributed by atoms with van der Waals surface area (Å²) in [6, 6.07) is 6.37. The molecule has 4 rings (SSSR count). The topological polar surface area (TPSA) is 93.1 Å². The molecule has 1 aromatic heterocycles. The molecule has 0 atom stereocenters. The van der Waals surface area contributed by atoms with E-state index in [0.717, 1.165) is 35.6 Å². The van der Waals surface area contributed by atoms with Crippen molar-refractivity contribution in [2.24, 2.45) is 0 Å². The number of alkyl halides is 3. The van der Waals surface area contributed by atoms with Crippen molar-refractivity contribution in [2.75, 3.05) is 12.0 Å². The van der Waals surface area contributed by atoms with Crippen molar-refractivity contribution in [1.29, 1.82) is 0 Å². The van der Waals surface area contributed by atoms with Crippen LogP contribution in [0.25, 0.3) is 0 Å². The Bertz CT molecular complexity index is 1350. The molecule has 0 aliphatic carbocycles. The first kappa shape index (κ1) is 24.2. The number of thiophene rings is 1. The first-order valence-electron chi connectivity index (χ1n) is 9.89. The van der Waals surface area contributed by atoms with Gasteiger partial charge in [0, 0.05) is 11.6 Å². The number of halogens is 4. The van der Waals surface area contributed by atoms with E-state index in [2.05, 4.69) is 0 Å². The lowest BCUT2D eigenvalue weighted by Crippen LogP contribution is -2.43. The van der Waals surface area contributed by atoms with E-state index in [1.165, 1.54) is 24.6 Å². The Kier molecular flexibility index (Phi) is 6.24. The van der Waals surface area contributed by atoms with E-state index in [1.807, 2.05) is 0 Å². The summed E-state index contributed by atoms with van der Waals surface area (Å²) in [4.78, 5) is 37.3. The lowest BCUT2D eigenvalue weighted by atomic mass is 10.0. The molecule has 7 nitrogen and oxygen atoms in total. The number of benzene rings is 2. The number of imide groups is 1. The lowest BCUT2D eigenvalue weighted by Gasteiger charge is -2.26. The quantitative estimate of drug-likeness (QED) is 0.375. The number of rotatable bonds is 6. The number of hydrogen-bond acceptors (Lipinski definition) is 6. The van der Waals surface area contributed by atoms with Gasteiger partial charge in [0.2, 0.25) is 5.91 Å². The van der Waals surface area contributed by atoms with Crippen molar-refractivity contribution >= 4 is 34.8 Å². The summed E-state index contributed by atoms with van der Waals surface area (Å²) in [6.07, 6.45) is -5.01. The van der Waals surface area contributed by atoms with Crippen LogP contribution in [0.5, 0.6) is 11.5 Å². The summed E-state index contributed by atoms with van der Waals surface area (Å²) in [5.74, 6) is -4.37. The van der Waals surface area contributed by atoms with Crippen LogP contribution in [0.3, 0.4) is 0 Å². The number of fused-ring (bicyclic) bond motifs is 1. The van der Waals surface area contributed by atoms with Crippen LogP contribution >= 0.6 is 11.3 Å². The summed E-state index contributed by atoms with van der Waals surface area (Å²) in [5, 5.41) is 10.7. The van der Waals surface area contributed by atoms with Crippen LogP contribution in [0.4, 0.5) is 23.2 Å². The Morgan fingerprint density at radius 2 is 1.94 bits per heavy atom. The number of carboxylic acid groups (broad SMARTS) is 1. The smallest absolute Gasteiger partial charge is 0.416 e. The molecule has 0 radical (unpaired) electrons. The minimum Gasteiger partial charge on any atom is -0.496 e. The molecule has 35 heavy (non-hydrogen) atoms. The van der Waals surface area contributed by atoms with Crippen LogP contribution in [-0.4, -0.2) is 30.0 Å². The van der Waals surface area contributed by atoms with Gasteiger partial charge in [-0.1, -0.05) is 6.07 Å². The molecule has 0 bridgehead atoms. The molecule has 0 saturated carbocycles. The van der Waals surface area contributed by atoms with Gasteiger partial charge in [0.15, 0.2) is 0 Å². The van der Waals surface area contributed by atoms with E-state index in [0.29, 0.717) is 4.90 Å². The van der Waals surface area contributed by atoms with Crippen molar-refractivity contribution in [2.45, 2.75) is 19.2 Å². The van der Waals surface area contributed by atoms with Crippen molar-refractivity contribution in [1.82, 2.24) is 0 Å². The van der Waals surface area contributed by atoms with Gasteiger partial charge in [-0.3, -0.25) is 9.59 Å².